The monoisotopic (exact) mass is 208 g/mol. The average molecular weight is 208 g/mol. The first kappa shape index (κ1) is 11.6. The van der Waals surface area contributed by atoms with Gasteiger partial charge in [0.05, 0.1) is 0 Å². The van der Waals surface area contributed by atoms with E-state index in [1.807, 2.05) is 23.2 Å². The molecule has 0 spiro atoms. The lowest BCUT2D eigenvalue weighted by molar-refractivity contribution is -0.114. The Morgan fingerprint density at radius 3 is 2.27 bits per heavy atom. The highest BCUT2D eigenvalue weighted by molar-refractivity contribution is 5.44. The molecule has 0 atom stereocenters. The Kier molecular flexibility index (Phi) is 6.12. The number of hydrogen-bond donors (Lipinski definition) is 2. The second kappa shape index (κ2) is 7.90. The number of carbonyl (C=O) groups excluding carboxylic acids is 1. The van der Waals surface area contributed by atoms with Crippen molar-refractivity contribution in [3.63, 3.8) is 0 Å². The standard InChI is InChI=1S/C5H11N3O.C5H5N/c9-5-7-8-3-1-6-2-4-8;1-2-4-6-5-3-1/h5-6H,1-4H2,(H,7,9);1-5H. The van der Waals surface area contributed by atoms with E-state index in [0.29, 0.717) is 6.41 Å². The van der Waals surface area contributed by atoms with Gasteiger partial charge < -0.3 is 5.32 Å². The minimum absolute atomic E-state index is 0.714. The highest BCUT2D eigenvalue weighted by Crippen LogP contribution is 1.83. The van der Waals surface area contributed by atoms with Gasteiger partial charge in [-0.1, -0.05) is 6.07 Å². The number of rotatable bonds is 2. The lowest BCUT2D eigenvalue weighted by Gasteiger charge is -2.25. The number of carbonyl (C=O) groups is 1. The van der Waals surface area contributed by atoms with Crippen LogP contribution in [0.15, 0.2) is 30.6 Å². The van der Waals surface area contributed by atoms with Gasteiger partial charge in [-0.25, -0.2) is 5.01 Å². The van der Waals surface area contributed by atoms with Crippen molar-refractivity contribution in [2.24, 2.45) is 0 Å². The minimum atomic E-state index is 0.714. The van der Waals surface area contributed by atoms with Crippen LogP contribution in [0.25, 0.3) is 0 Å². The van der Waals surface area contributed by atoms with E-state index in [4.69, 9.17) is 0 Å². The van der Waals surface area contributed by atoms with E-state index in [2.05, 4.69) is 15.7 Å². The normalized spacial score (nSPS) is 16.0. The Hall–Kier alpha value is -1.46. The zero-order valence-electron chi connectivity index (χ0n) is 8.60. The van der Waals surface area contributed by atoms with E-state index < -0.39 is 0 Å². The summed E-state index contributed by atoms with van der Waals surface area (Å²) in [5, 5.41) is 5.07. The van der Waals surface area contributed by atoms with Crippen molar-refractivity contribution < 1.29 is 4.79 Å². The SMILES string of the molecule is O=CNN1CCNCC1.c1ccncc1. The lowest BCUT2D eigenvalue weighted by atomic mass is 10.4. The summed E-state index contributed by atoms with van der Waals surface area (Å²) in [5.41, 5.74) is 2.60. The molecule has 2 heterocycles. The van der Waals surface area contributed by atoms with Gasteiger partial charge in [-0.05, 0) is 12.1 Å². The number of piperazine rings is 1. The topological polar surface area (TPSA) is 57.3 Å². The third-order valence-corrected chi connectivity index (χ3v) is 1.92. The molecular formula is C10H16N4O. The van der Waals surface area contributed by atoms with Crippen LogP contribution < -0.4 is 10.7 Å². The molecule has 1 aliphatic heterocycles. The Balaban J connectivity index is 0.000000162. The first-order chi connectivity index (χ1) is 7.43. The molecule has 5 heteroatoms. The molecule has 2 rings (SSSR count). The van der Waals surface area contributed by atoms with Crippen LogP contribution in [0.5, 0.6) is 0 Å². The van der Waals surface area contributed by atoms with Crippen LogP contribution in [0.1, 0.15) is 0 Å². The molecule has 15 heavy (non-hydrogen) atoms. The fourth-order valence-electron chi connectivity index (χ4n) is 1.18. The first-order valence-electron chi connectivity index (χ1n) is 4.94. The van der Waals surface area contributed by atoms with Crippen LogP contribution in [-0.2, 0) is 4.79 Å². The number of amides is 1. The minimum Gasteiger partial charge on any atom is -0.314 e. The third kappa shape index (κ3) is 5.77. The predicted molar refractivity (Wildman–Crippen MR) is 57.9 cm³/mol. The highest BCUT2D eigenvalue weighted by atomic mass is 16.1. The smallest absolute Gasteiger partial charge is 0.221 e. The van der Waals surface area contributed by atoms with E-state index >= 15 is 0 Å². The predicted octanol–water partition coefficient (Wildman–Crippen LogP) is -0.366. The summed E-state index contributed by atoms with van der Waals surface area (Å²) < 4.78 is 0. The van der Waals surface area contributed by atoms with Gasteiger partial charge in [0.15, 0.2) is 0 Å². The van der Waals surface area contributed by atoms with Crippen molar-refractivity contribution in [2.45, 2.75) is 0 Å². The van der Waals surface area contributed by atoms with E-state index in [-0.39, 0.29) is 0 Å². The van der Waals surface area contributed by atoms with Gasteiger partial charge >= 0.3 is 0 Å². The summed E-state index contributed by atoms with van der Waals surface area (Å²) in [4.78, 5) is 13.7. The zero-order valence-corrected chi connectivity index (χ0v) is 8.60. The maximum absolute atomic E-state index is 9.90. The number of nitrogens with one attached hydrogen (secondary N) is 2. The Bertz CT molecular complexity index is 222. The van der Waals surface area contributed by atoms with Crippen LogP contribution in [0.3, 0.4) is 0 Å². The summed E-state index contributed by atoms with van der Waals surface area (Å²) >= 11 is 0. The van der Waals surface area contributed by atoms with Gasteiger partial charge in [-0.15, -0.1) is 0 Å². The summed E-state index contributed by atoms with van der Waals surface area (Å²) in [5.74, 6) is 0. The van der Waals surface area contributed by atoms with Crippen molar-refractivity contribution in [3.05, 3.63) is 30.6 Å². The van der Waals surface area contributed by atoms with Crippen LogP contribution in [0.2, 0.25) is 0 Å². The molecular weight excluding hydrogens is 192 g/mol. The van der Waals surface area contributed by atoms with E-state index in [1.165, 1.54) is 0 Å². The van der Waals surface area contributed by atoms with Crippen LogP contribution >= 0.6 is 0 Å². The van der Waals surface area contributed by atoms with E-state index in [9.17, 15) is 4.79 Å². The van der Waals surface area contributed by atoms with Crippen LogP contribution in [0.4, 0.5) is 0 Å². The largest absolute Gasteiger partial charge is 0.314 e. The summed E-state index contributed by atoms with van der Waals surface area (Å²) in [6.07, 6.45) is 4.21. The lowest BCUT2D eigenvalue weighted by Crippen LogP contribution is -2.49. The molecule has 0 unspecified atom stereocenters. The molecule has 1 saturated heterocycles. The maximum Gasteiger partial charge on any atom is 0.221 e. The van der Waals surface area contributed by atoms with Crippen molar-refractivity contribution in [3.8, 4) is 0 Å². The Morgan fingerprint density at radius 1 is 1.20 bits per heavy atom. The Morgan fingerprint density at radius 2 is 1.87 bits per heavy atom. The number of aromatic nitrogens is 1. The molecule has 5 nitrogen and oxygen atoms in total. The third-order valence-electron chi connectivity index (χ3n) is 1.92. The van der Waals surface area contributed by atoms with Crippen molar-refractivity contribution in [2.75, 3.05) is 26.2 Å². The summed E-state index contributed by atoms with van der Waals surface area (Å²) in [6, 6.07) is 5.72. The number of nitrogens with zero attached hydrogens (tertiary/aromatic N) is 2. The molecule has 82 valence electrons. The van der Waals surface area contributed by atoms with Crippen molar-refractivity contribution in [1.29, 1.82) is 0 Å². The molecule has 1 amide bonds. The molecule has 1 fully saturated rings. The molecule has 0 aliphatic carbocycles. The van der Waals surface area contributed by atoms with Crippen LogP contribution in [0, 0.1) is 0 Å². The van der Waals surface area contributed by atoms with E-state index in [1.54, 1.807) is 12.4 Å². The number of hydrogen-bond acceptors (Lipinski definition) is 4. The van der Waals surface area contributed by atoms with Crippen molar-refractivity contribution in [1.82, 2.24) is 20.7 Å². The molecule has 0 saturated carbocycles. The summed E-state index contributed by atoms with van der Waals surface area (Å²) in [6.45, 7) is 3.72. The first-order valence-corrected chi connectivity index (χ1v) is 4.94. The molecule has 1 aromatic rings. The number of hydrazine groups is 1. The fraction of sp³-hybridized carbons (Fsp3) is 0.400. The molecule has 0 radical (unpaired) electrons. The van der Waals surface area contributed by atoms with Crippen molar-refractivity contribution >= 4 is 6.41 Å². The molecule has 0 aromatic carbocycles. The van der Waals surface area contributed by atoms with Gasteiger partial charge in [-0.2, -0.15) is 0 Å². The number of pyridine rings is 1. The molecule has 1 aliphatic rings. The van der Waals surface area contributed by atoms with E-state index in [0.717, 1.165) is 26.2 Å². The molecule has 2 N–H and O–H groups in total. The quantitative estimate of drug-likeness (QED) is 0.651. The summed E-state index contributed by atoms with van der Waals surface area (Å²) in [7, 11) is 0. The molecule has 1 aromatic heterocycles. The maximum atomic E-state index is 9.90. The Labute approximate surface area is 89.5 Å². The second-order valence-electron chi connectivity index (χ2n) is 3.01. The fourth-order valence-corrected chi connectivity index (χ4v) is 1.18. The highest BCUT2D eigenvalue weighted by Gasteiger charge is 2.06. The van der Waals surface area contributed by atoms with Gasteiger partial charge in [0.1, 0.15) is 0 Å². The van der Waals surface area contributed by atoms with Gasteiger partial charge in [0, 0.05) is 38.6 Å². The van der Waals surface area contributed by atoms with Gasteiger partial charge in [-0.3, -0.25) is 15.2 Å². The van der Waals surface area contributed by atoms with Gasteiger partial charge in [0.2, 0.25) is 6.41 Å². The zero-order chi connectivity index (χ0) is 10.8. The average Bonchev–Trinajstić information content (AvgIpc) is 2.34. The molecule has 0 bridgehead atoms. The van der Waals surface area contributed by atoms with Crippen LogP contribution in [-0.4, -0.2) is 42.6 Å². The second-order valence-corrected chi connectivity index (χ2v) is 3.01. The van der Waals surface area contributed by atoms with Gasteiger partial charge in [0.25, 0.3) is 0 Å².